The van der Waals surface area contributed by atoms with Crippen LogP contribution in [0.25, 0.3) is 0 Å². The second-order valence-electron chi connectivity index (χ2n) is 5.50. The molecule has 5 heteroatoms. The maximum absolute atomic E-state index is 12.3. The summed E-state index contributed by atoms with van der Waals surface area (Å²) in [4.78, 5) is 20.1. The van der Waals surface area contributed by atoms with E-state index in [-0.39, 0.29) is 17.2 Å². The Labute approximate surface area is 112 Å². The molecule has 1 aliphatic rings. The van der Waals surface area contributed by atoms with Gasteiger partial charge in [-0.3, -0.25) is 4.79 Å². The summed E-state index contributed by atoms with van der Waals surface area (Å²) in [5.74, 6) is 0.552. The first-order chi connectivity index (χ1) is 8.49. The minimum atomic E-state index is 0.0365. The fraction of sp³-hybridized carbons (Fsp3) is 0.615. The van der Waals surface area contributed by atoms with Crippen LogP contribution in [0.3, 0.4) is 0 Å². The SMILES string of the molecule is CC1(C)CCCCC1C(=O)Nc1cc(Cl)ncn1. The average molecular weight is 268 g/mol. The van der Waals surface area contributed by atoms with Crippen LogP contribution in [0.5, 0.6) is 0 Å². The zero-order chi connectivity index (χ0) is 13.2. The smallest absolute Gasteiger partial charge is 0.229 e. The molecule has 1 amide bonds. The predicted octanol–water partition coefficient (Wildman–Crippen LogP) is 3.28. The van der Waals surface area contributed by atoms with Crippen molar-refractivity contribution in [3.63, 3.8) is 0 Å². The van der Waals surface area contributed by atoms with Gasteiger partial charge in [0.05, 0.1) is 0 Å². The largest absolute Gasteiger partial charge is 0.310 e. The Hall–Kier alpha value is -1.16. The van der Waals surface area contributed by atoms with Crippen LogP contribution in [0.15, 0.2) is 12.4 Å². The molecule has 1 heterocycles. The summed E-state index contributed by atoms with van der Waals surface area (Å²) < 4.78 is 0. The fourth-order valence-corrected chi connectivity index (χ4v) is 2.74. The lowest BCUT2D eigenvalue weighted by Gasteiger charge is -2.37. The van der Waals surface area contributed by atoms with Crippen molar-refractivity contribution in [1.29, 1.82) is 0 Å². The summed E-state index contributed by atoms with van der Waals surface area (Å²) in [6, 6.07) is 1.56. The molecule has 1 aromatic heterocycles. The third-order valence-electron chi connectivity index (χ3n) is 3.71. The van der Waals surface area contributed by atoms with E-state index in [4.69, 9.17) is 11.6 Å². The third-order valence-corrected chi connectivity index (χ3v) is 3.92. The number of hydrogen-bond acceptors (Lipinski definition) is 3. The number of anilines is 1. The van der Waals surface area contributed by atoms with Gasteiger partial charge in [0.15, 0.2) is 0 Å². The van der Waals surface area contributed by atoms with Crippen LogP contribution >= 0.6 is 11.6 Å². The first-order valence-corrected chi connectivity index (χ1v) is 6.65. The van der Waals surface area contributed by atoms with Crippen LogP contribution in [0.2, 0.25) is 5.15 Å². The number of rotatable bonds is 2. The maximum Gasteiger partial charge on any atom is 0.229 e. The number of carbonyl (C=O) groups excluding carboxylic acids is 1. The van der Waals surface area contributed by atoms with Gasteiger partial charge in [-0.2, -0.15) is 0 Å². The van der Waals surface area contributed by atoms with E-state index >= 15 is 0 Å². The van der Waals surface area contributed by atoms with Crippen molar-refractivity contribution in [2.75, 3.05) is 5.32 Å². The molecule has 0 aliphatic heterocycles. The predicted molar refractivity (Wildman–Crippen MR) is 71.4 cm³/mol. The molecule has 0 bridgehead atoms. The Morgan fingerprint density at radius 3 is 2.89 bits per heavy atom. The van der Waals surface area contributed by atoms with Gasteiger partial charge in [-0.05, 0) is 18.3 Å². The van der Waals surface area contributed by atoms with Crippen molar-refractivity contribution in [3.05, 3.63) is 17.5 Å². The average Bonchev–Trinajstić information content (AvgIpc) is 2.28. The summed E-state index contributed by atoms with van der Waals surface area (Å²) in [5, 5.41) is 3.17. The Bertz CT molecular complexity index is 448. The molecule has 1 N–H and O–H groups in total. The van der Waals surface area contributed by atoms with Crippen molar-refractivity contribution >= 4 is 23.3 Å². The normalized spacial score (nSPS) is 22.5. The molecule has 1 unspecified atom stereocenters. The molecule has 0 saturated heterocycles. The van der Waals surface area contributed by atoms with Gasteiger partial charge in [-0.1, -0.05) is 38.3 Å². The molecular formula is C13H18ClN3O. The standard InChI is InChI=1S/C13H18ClN3O/c1-13(2)6-4-3-5-9(13)12(18)17-11-7-10(14)15-8-16-11/h7-9H,3-6H2,1-2H3,(H,15,16,17,18). The van der Waals surface area contributed by atoms with Crippen molar-refractivity contribution in [3.8, 4) is 0 Å². The van der Waals surface area contributed by atoms with Crippen molar-refractivity contribution in [1.82, 2.24) is 9.97 Å². The molecule has 18 heavy (non-hydrogen) atoms. The number of aromatic nitrogens is 2. The molecular weight excluding hydrogens is 250 g/mol. The molecule has 0 spiro atoms. The summed E-state index contributed by atoms with van der Waals surface area (Å²) in [7, 11) is 0. The molecule has 0 aromatic carbocycles. The van der Waals surface area contributed by atoms with Crippen LogP contribution in [0.1, 0.15) is 39.5 Å². The van der Waals surface area contributed by atoms with Crippen LogP contribution < -0.4 is 5.32 Å². The molecule has 2 rings (SSSR count). The van der Waals surface area contributed by atoms with E-state index in [0.29, 0.717) is 11.0 Å². The topological polar surface area (TPSA) is 54.9 Å². The summed E-state index contributed by atoms with van der Waals surface area (Å²) in [6.45, 7) is 4.31. The lowest BCUT2D eigenvalue weighted by molar-refractivity contribution is -0.124. The lowest BCUT2D eigenvalue weighted by Crippen LogP contribution is -2.37. The van der Waals surface area contributed by atoms with Gasteiger partial charge in [0.2, 0.25) is 5.91 Å². The first kappa shape index (κ1) is 13.3. The van der Waals surface area contributed by atoms with Crippen LogP contribution in [0, 0.1) is 11.3 Å². The lowest BCUT2D eigenvalue weighted by atomic mass is 9.68. The minimum absolute atomic E-state index is 0.0365. The minimum Gasteiger partial charge on any atom is -0.310 e. The second-order valence-corrected chi connectivity index (χ2v) is 5.89. The summed E-state index contributed by atoms with van der Waals surface area (Å²) in [5.41, 5.74) is 0.0547. The van der Waals surface area contributed by atoms with E-state index in [9.17, 15) is 4.79 Å². The molecule has 4 nitrogen and oxygen atoms in total. The molecule has 1 saturated carbocycles. The molecule has 1 fully saturated rings. The van der Waals surface area contributed by atoms with Crippen LogP contribution in [-0.2, 0) is 4.79 Å². The highest BCUT2D eigenvalue weighted by Crippen LogP contribution is 2.40. The van der Waals surface area contributed by atoms with Gasteiger partial charge in [0, 0.05) is 12.0 Å². The molecule has 1 aromatic rings. The van der Waals surface area contributed by atoms with E-state index in [1.165, 1.54) is 12.7 Å². The highest BCUT2D eigenvalue weighted by atomic mass is 35.5. The molecule has 0 radical (unpaired) electrons. The Morgan fingerprint density at radius 1 is 1.44 bits per heavy atom. The quantitative estimate of drug-likeness (QED) is 0.837. The highest BCUT2D eigenvalue weighted by Gasteiger charge is 2.37. The number of hydrogen-bond donors (Lipinski definition) is 1. The van der Waals surface area contributed by atoms with Crippen molar-refractivity contribution in [2.45, 2.75) is 39.5 Å². The van der Waals surface area contributed by atoms with Crippen LogP contribution in [-0.4, -0.2) is 15.9 Å². The van der Waals surface area contributed by atoms with E-state index in [1.807, 2.05) is 0 Å². The Kier molecular flexibility index (Phi) is 3.85. The molecule has 1 aliphatic carbocycles. The van der Waals surface area contributed by atoms with E-state index in [1.54, 1.807) is 6.07 Å². The zero-order valence-corrected chi connectivity index (χ0v) is 11.5. The van der Waals surface area contributed by atoms with Gasteiger partial charge < -0.3 is 5.32 Å². The summed E-state index contributed by atoms with van der Waals surface area (Å²) >= 11 is 5.77. The van der Waals surface area contributed by atoms with E-state index in [0.717, 1.165) is 19.3 Å². The zero-order valence-electron chi connectivity index (χ0n) is 10.7. The number of amides is 1. The van der Waals surface area contributed by atoms with Gasteiger partial charge in [0.1, 0.15) is 17.3 Å². The molecule has 1 atom stereocenters. The monoisotopic (exact) mass is 267 g/mol. The van der Waals surface area contributed by atoms with Crippen molar-refractivity contribution in [2.24, 2.45) is 11.3 Å². The number of carbonyl (C=O) groups is 1. The number of halogens is 1. The van der Waals surface area contributed by atoms with Gasteiger partial charge in [-0.25, -0.2) is 9.97 Å². The van der Waals surface area contributed by atoms with E-state index < -0.39 is 0 Å². The van der Waals surface area contributed by atoms with Gasteiger partial charge in [0.25, 0.3) is 0 Å². The molecule has 98 valence electrons. The van der Waals surface area contributed by atoms with Gasteiger partial charge in [-0.15, -0.1) is 0 Å². The van der Waals surface area contributed by atoms with Crippen molar-refractivity contribution < 1.29 is 4.79 Å². The Balaban J connectivity index is 2.07. The van der Waals surface area contributed by atoms with Crippen LogP contribution in [0.4, 0.5) is 5.82 Å². The first-order valence-electron chi connectivity index (χ1n) is 6.27. The van der Waals surface area contributed by atoms with Gasteiger partial charge >= 0.3 is 0 Å². The summed E-state index contributed by atoms with van der Waals surface area (Å²) in [6.07, 6.45) is 5.71. The third kappa shape index (κ3) is 2.99. The van der Waals surface area contributed by atoms with E-state index in [2.05, 4.69) is 29.1 Å². The Morgan fingerprint density at radius 2 is 2.22 bits per heavy atom. The maximum atomic E-state index is 12.3. The fourth-order valence-electron chi connectivity index (χ4n) is 2.60. The highest BCUT2D eigenvalue weighted by molar-refractivity contribution is 6.29. The number of nitrogens with one attached hydrogen (secondary N) is 1. The number of nitrogens with zero attached hydrogens (tertiary/aromatic N) is 2. The second kappa shape index (κ2) is 5.22.